The highest BCUT2D eigenvalue weighted by Crippen LogP contribution is 2.17. The lowest BCUT2D eigenvalue weighted by Gasteiger charge is -2.09. The van der Waals surface area contributed by atoms with Crippen LogP contribution in [0.15, 0.2) is 53.4 Å². The molecule has 0 atom stereocenters. The number of benzene rings is 2. The van der Waals surface area contributed by atoms with E-state index >= 15 is 0 Å². The highest BCUT2D eigenvalue weighted by Gasteiger charge is 2.18. The second-order valence-electron chi connectivity index (χ2n) is 6.51. The first-order valence-electron chi connectivity index (χ1n) is 8.64. The minimum Gasteiger partial charge on any atom is -0.359 e. The Labute approximate surface area is 159 Å². The molecular weight excluding hydrogens is 364 g/mol. The highest BCUT2D eigenvalue weighted by molar-refractivity contribution is 7.92. The second-order valence-corrected chi connectivity index (χ2v) is 9.01. The van der Waals surface area contributed by atoms with Crippen LogP contribution in [0.4, 0.5) is 5.69 Å². The van der Waals surface area contributed by atoms with Gasteiger partial charge in [-0.15, -0.1) is 0 Å². The van der Waals surface area contributed by atoms with E-state index in [0.717, 1.165) is 11.1 Å². The smallest absolute Gasteiger partial charge is 0.228 e. The fourth-order valence-electron chi connectivity index (χ4n) is 2.44. The van der Waals surface area contributed by atoms with E-state index in [4.69, 9.17) is 0 Å². The van der Waals surface area contributed by atoms with Crippen LogP contribution in [-0.2, 0) is 32.3 Å². The van der Waals surface area contributed by atoms with E-state index in [1.54, 1.807) is 57.3 Å². The molecular formula is C20H24N2O4S. The van der Waals surface area contributed by atoms with E-state index in [9.17, 15) is 18.0 Å². The van der Waals surface area contributed by atoms with Gasteiger partial charge in [0.1, 0.15) is 0 Å². The fourth-order valence-corrected chi connectivity index (χ4v) is 3.50. The van der Waals surface area contributed by atoms with Gasteiger partial charge >= 0.3 is 0 Å². The van der Waals surface area contributed by atoms with Gasteiger partial charge < -0.3 is 10.6 Å². The zero-order valence-corrected chi connectivity index (χ0v) is 16.5. The lowest BCUT2D eigenvalue weighted by atomic mass is 10.1. The van der Waals surface area contributed by atoms with Crippen LogP contribution in [0.5, 0.6) is 0 Å². The van der Waals surface area contributed by atoms with Gasteiger partial charge in [-0.05, 0) is 49.2 Å². The Hall–Kier alpha value is -2.67. The summed E-state index contributed by atoms with van der Waals surface area (Å²) >= 11 is 0. The number of sulfone groups is 1. The van der Waals surface area contributed by atoms with E-state index in [0.29, 0.717) is 5.69 Å². The van der Waals surface area contributed by atoms with Crippen molar-refractivity contribution in [2.24, 2.45) is 0 Å². The Bertz CT molecular complexity index is 902. The maximum absolute atomic E-state index is 12.2. The summed E-state index contributed by atoms with van der Waals surface area (Å²) in [6.07, 6.45) is 0.429. The summed E-state index contributed by atoms with van der Waals surface area (Å²) in [7, 11) is -1.73. The molecule has 27 heavy (non-hydrogen) atoms. The molecule has 2 amide bonds. The summed E-state index contributed by atoms with van der Waals surface area (Å²) in [5, 5.41) is 4.86. The maximum atomic E-state index is 12.2. The van der Waals surface area contributed by atoms with E-state index < -0.39 is 15.1 Å². The average Bonchev–Trinajstić information content (AvgIpc) is 2.63. The van der Waals surface area contributed by atoms with E-state index in [2.05, 4.69) is 10.6 Å². The number of carbonyl (C=O) groups excluding carboxylic acids is 2. The van der Waals surface area contributed by atoms with Crippen LogP contribution in [0.25, 0.3) is 0 Å². The first-order chi connectivity index (χ1) is 12.7. The van der Waals surface area contributed by atoms with Crippen molar-refractivity contribution < 1.29 is 18.0 Å². The molecule has 0 aliphatic carbocycles. The van der Waals surface area contributed by atoms with Crippen molar-refractivity contribution >= 4 is 27.3 Å². The van der Waals surface area contributed by atoms with Crippen molar-refractivity contribution in [2.45, 2.75) is 36.8 Å². The summed E-state index contributed by atoms with van der Waals surface area (Å²) < 4.78 is 24.2. The topological polar surface area (TPSA) is 92.3 Å². The Morgan fingerprint density at radius 1 is 0.852 bits per heavy atom. The minimum atomic E-state index is -3.31. The van der Waals surface area contributed by atoms with E-state index in [1.165, 1.54) is 12.1 Å². The minimum absolute atomic E-state index is 0.0743. The van der Waals surface area contributed by atoms with Gasteiger partial charge in [-0.1, -0.05) is 24.3 Å². The van der Waals surface area contributed by atoms with Crippen LogP contribution in [0.3, 0.4) is 0 Å². The predicted octanol–water partition coefficient (Wildman–Crippen LogP) is 2.34. The molecule has 0 unspecified atom stereocenters. The average molecular weight is 388 g/mol. The summed E-state index contributed by atoms with van der Waals surface area (Å²) in [5.74, 6) is -0.275. The van der Waals surface area contributed by atoms with E-state index in [-0.39, 0.29) is 29.6 Å². The first kappa shape index (κ1) is 20.6. The molecule has 0 saturated heterocycles. The van der Waals surface area contributed by atoms with Crippen LogP contribution in [0, 0.1) is 0 Å². The normalized spacial score (nSPS) is 11.3. The Morgan fingerprint density at radius 3 is 1.81 bits per heavy atom. The largest absolute Gasteiger partial charge is 0.359 e. The van der Waals surface area contributed by atoms with Gasteiger partial charge in [-0.3, -0.25) is 9.59 Å². The third-order valence-corrected chi connectivity index (χ3v) is 6.29. The molecule has 0 aromatic heterocycles. The molecule has 0 aliphatic rings. The fraction of sp³-hybridized carbons (Fsp3) is 0.300. The van der Waals surface area contributed by atoms with Gasteiger partial charge in [0.15, 0.2) is 9.84 Å². The lowest BCUT2D eigenvalue weighted by Crippen LogP contribution is -2.20. The molecule has 2 rings (SSSR count). The molecule has 0 fully saturated rings. The number of amides is 2. The lowest BCUT2D eigenvalue weighted by molar-refractivity contribution is -0.120. The van der Waals surface area contributed by atoms with E-state index in [1.807, 2.05) is 0 Å². The van der Waals surface area contributed by atoms with Crippen LogP contribution < -0.4 is 10.6 Å². The summed E-state index contributed by atoms with van der Waals surface area (Å²) in [5.41, 5.74) is 2.22. The number of rotatable bonds is 7. The zero-order chi connectivity index (χ0) is 20.0. The Kier molecular flexibility index (Phi) is 6.74. The van der Waals surface area contributed by atoms with Crippen molar-refractivity contribution in [2.75, 3.05) is 12.4 Å². The van der Waals surface area contributed by atoms with Crippen molar-refractivity contribution in [3.05, 3.63) is 59.7 Å². The van der Waals surface area contributed by atoms with Gasteiger partial charge in [0.05, 0.1) is 23.0 Å². The van der Waals surface area contributed by atoms with Crippen molar-refractivity contribution in [1.82, 2.24) is 5.32 Å². The van der Waals surface area contributed by atoms with Gasteiger partial charge in [0.2, 0.25) is 11.8 Å². The van der Waals surface area contributed by atoms with Gasteiger partial charge in [-0.2, -0.15) is 0 Å². The molecule has 2 aromatic carbocycles. The maximum Gasteiger partial charge on any atom is 0.228 e. The third kappa shape index (κ3) is 5.65. The highest BCUT2D eigenvalue weighted by atomic mass is 32.2. The number of carbonyl (C=O) groups is 2. The monoisotopic (exact) mass is 388 g/mol. The van der Waals surface area contributed by atoms with Crippen LogP contribution in [0.1, 0.15) is 25.0 Å². The standard InChI is InChI=1S/C20H24N2O4S/c1-14(2)27(25,26)18-10-6-16(7-11-18)13-20(24)22-17-8-4-15(5-9-17)12-19(23)21-3/h4-11,14H,12-13H2,1-3H3,(H,21,23)(H,22,24). The molecule has 0 bridgehead atoms. The summed E-state index contributed by atoms with van der Waals surface area (Å²) in [4.78, 5) is 23.8. The van der Waals surface area contributed by atoms with Gasteiger partial charge in [0, 0.05) is 12.7 Å². The quantitative estimate of drug-likeness (QED) is 0.761. The Balaban J connectivity index is 1.96. The SMILES string of the molecule is CNC(=O)Cc1ccc(NC(=O)Cc2ccc(S(=O)(=O)C(C)C)cc2)cc1. The van der Waals surface area contributed by atoms with Crippen molar-refractivity contribution in [1.29, 1.82) is 0 Å². The van der Waals surface area contributed by atoms with Crippen molar-refractivity contribution in [3.63, 3.8) is 0 Å². The summed E-state index contributed by atoms with van der Waals surface area (Å²) in [6, 6.07) is 13.4. The molecule has 0 saturated carbocycles. The van der Waals surface area contributed by atoms with Gasteiger partial charge in [0.25, 0.3) is 0 Å². The molecule has 7 heteroatoms. The number of nitrogens with one attached hydrogen (secondary N) is 2. The molecule has 0 radical (unpaired) electrons. The van der Waals surface area contributed by atoms with Crippen LogP contribution >= 0.6 is 0 Å². The Morgan fingerprint density at radius 2 is 1.33 bits per heavy atom. The van der Waals surface area contributed by atoms with Crippen LogP contribution in [0.2, 0.25) is 0 Å². The third-order valence-electron chi connectivity index (χ3n) is 4.12. The molecule has 0 aliphatic heterocycles. The van der Waals surface area contributed by atoms with Crippen molar-refractivity contribution in [3.8, 4) is 0 Å². The number of hydrogen-bond acceptors (Lipinski definition) is 4. The number of likely N-dealkylation sites (N-methyl/N-ethyl adjacent to an activating group) is 1. The molecule has 0 spiro atoms. The number of anilines is 1. The van der Waals surface area contributed by atoms with Crippen LogP contribution in [-0.4, -0.2) is 32.5 Å². The molecule has 2 N–H and O–H groups in total. The molecule has 6 nitrogen and oxygen atoms in total. The predicted molar refractivity (Wildman–Crippen MR) is 105 cm³/mol. The first-order valence-corrected chi connectivity index (χ1v) is 10.2. The summed E-state index contributed by atoms with van der Waals surface area (Å²) in [6.45, 7) is 3.27. The zero-order valence-electron chi connectivity index (χ0n) is 15.7. The molecule has 144 valence electrons. The number of hydrogen-bond donors (Lipinski definition) is 2. The molecule has 2 aromatic rings. The van der Waals surface area contributed by atoms with Gasteiger partial charge in [-0.25, -0.2) is 8.42 Å². The second kappa shape index (κ2) is 8.81. The molecule has 0 heterocycles.